The number of para-hydroxylation sites is 1. The smallest absolute Gasteiger partial charge is 0.225 e. The first-order valence-electron chi connectivity index (χ1n) is 11.2. The summed E-state index contributed by atoms with van der Waals surface area (Å²) in [5.74, 6) is -0.311. The third kappa shape index (κ3) is 5.09. The standard InChI is InChI=1S/C28H27N3O2/c1-3-24(20-12-6-4-7-13-20)30-26(33)18-23-22-16-10-11-17-25(22)31-27(28(23)29-19(2)32)21-14-8-5-9-15-21/h4-17,24H,3,18H2,1-2H3,(H,29,32)(H,30,33)/t24-/m0/s1. The molecule has 4 rings (SSSR count). The highest BCUT2D eigenvalue weighted by molar-refractivity contribution is 6.02. The Hall–Kier alpha value is -3.99. The number of nitrogens with one attached hydrogen (secondary N) is 2. The van der Waals surface area contributed by atoms with Crippen LogP contribution in [0.5, 0.6) is 0 Å². The summed E-state index contributed by atoms with van der Waals surface area (Å²) in [4.78, 5) is 30.2. The lowest BCUT2D eigenvalue weighted by molar-refractivity contribution is -0.121. The molecule has 33 heavy (non-hydrogen) atoms. The van der Waals surface area contributed by atoms with Crippen LogP contribution >= 0.6 is 0 Å². The maximum atomic E-state index is 13.2. The van der Waals surface area contributed by atoms with Crippen LogP contribution in [0.3, 0.4) is 0 Å². The van der Waals surface area contributed by atoms with Gasteiger partial charge in [0.2, 0.25) is 11.8 Å². The van der Waals surface area contributed by atoms with E-state index < -0.39 is 0 Å². The van der Waals surface area contributed by atoms with Crippen molar-refractivity contribution in [2.75, 3.05) is 5.32 Å². The van der Waals surface area contributed by atoms with Crippen molar-refractivity contribution in [3.05, 3.63) is 96.1 Å². The van der Waals surface area contributed by atoms with Gasteiger partial charge in [0.1, 0.15) is 0 Å². The molecule has 0 aliphatic rings. The lowest BCUT2D eigenvalue weighted by atomic mass is 9.97. The first-order valence-corrected chi connectivity index (χ1v) is 11.2. The van der Waals surface area contributed by atoms with Gasteiger partial charge in [-0.25, -0.2) is 4.98 Å². The van der Waals surface area contributed by atoms with E-state index in [1.807, 2.05) is 84.9 Å². The quantitative estimate of drug-likeness (QED) is 0.391. The second-order valence-electron chi connectivity index (χ2n) is 7.99. The van der Waals surface area contributed by atoms with E-state index in [2.05, 4.69) is 17.6 Å². The van der Waals surface area contributed by atoms with Gasteiger partial charge in [0, 0.05) is 17.9 Å². The maximum absolute atomic E-state index is 13.2. The number of hydrogen-bond donors (Lipinski definition) is 2. The Labute approximate surface area is 193 Å². The summed E-state index contributed by atoms with van der Waals surface area (Å²) in [6, 6.07) is 27.3. The molecule has 0 bridgehead atoms. The number of aromatic nitrogens is 1. The third-order valence-electron chi connectivity index (χ3n) is 5.63. The van der Waals surface area contributed by atoms with Gasteiger partial charge in [-0.05, 0) is 23.6 Å². The minimum atomic E-state index is -0.207. The largest absolute Gasteiger partial charge is 0.349 e. The zero-order valence-corrected chi connectivity index (χ0v) is 18.8. The molecule has 1 atom stereocenters. The van der Waals surface area contributed by atoms with E-state index in [0.717, 1.165) is 34.0 Å². The van der Waals surface area contributed by atoms with Crippen LogP contribution in [0.25, 0.3) is 22.2 Å². The lowest BCUT2D eigenvalue weighted by Crippen LogP contribution is -2.30. The fraction of sp³-hybridized carbons (Fsp3) is 0.179. The molecule has 5 nitrogen and oxygen atoms in total. The lowest BCUT2D eigenvalue weighted by Gasteiger charge is -2.20. The van der Waals surface area contributed by atoms with Crippen molar-refractivity contribution in [2.45, 2.75) is 32.7 Å². The summed E-state index contributed by atoms with van der Waals surface area (Å²) in [5.41, 5.74) is 4.72. The number of amides is 2. The van der Waals surface area contributed by atoms with Gasteiger partial charge in [-0.15, -0.1) is 0 Å². The Balaban J connectivity index is 1.78. The van der Waals surface area contributed by atoms with E-state index in [0.29, 0.717) is 11.4 Å². The normalized spacial score (nSPS) is 11.7. The van der Waals surface area contributed by atoms with Gasteiger partial charge in [-0.1, -0.05) is 85.8 Å². The molecule has 0 aliphatic heterocycles. The first-order chi connectivity index (χ1) is 16.1. The van der Waals surface area contributed by atoms with Crippen LogP contribution < -0.4 is 10.6 Å². The SMILES string of the molecule is CC[C@H](NC(=O)Cc1c(NC(C)=O)c(-c2ccccc2)nc2ccccc12)c1ccccc1. The number of anilines is 1. The first kappa shape index (κ1) is 22.2. The van der Waals surface area contributed by atoms with Crippen LogP contribution in [-0.4, -0.2) is 16.8 Å². The highest BCUT2D eigenvalue weighted by Gasteiger charge is 2.21. The molecule has 1 heterocycles. The second kappa shape index (κ2) is 10.1. The number of benzene rings is 3. The van der Waals surface area contributed by atoms with E-state index in [1.54, 1.807) is 0 Å². The topological polar surface area (TPSA) is 71.1 Å². The molecule has 0 saturated heterocycles. The van der Waals surface area contributed by atoms with E-state index in [9.17, 15) is 9.59 Å². The van der Waals surface area contributed by atoms with Crippen molar-refractivity contribution in [3.8, 4) is 11.3 Å². The van der Waals surface area contributed by atoms with Gasteiger partial charge in [-0.3, -0.25) is 9.59 Å². The molecule has 166 valence electrons. The van der Waals surface area contributed by atoms with Gasteiger partial charge in [0.05, 0.1) is 29.4 Å². The Bertz CT molecular complexity index is 1270. The van der Waals surface area contributed by atoms with E-state index >= 15 is 0 Å². The second-order valence-corrected chi connectivity index (χ2v) is 7.99. The van der Waals surface area contributed by atoms with Crippen molar-refractivity contribution in [1.82, 2.24) is 10.3 Å². The molecule has 0 radical (unpaired) electrons. The van der Waals surface area contributed by atoms with E-state index in [1.165, 1.54) is 6.92 Å². The number of pyridine rings is 1. The molecule has 0 spiro atoms. The van der Waals surface area contributed by atoms with Gasteiger partial charge in [0.15, 0.2) is 0 Å². The summed E-state index contributed by atoms with van der Waals surface area (Å²) in [6.07, 6.45) is 0.905. The average Bonchev–Trinajstić information content (AvgIpc) is 2.84. The molecule has 1 aromatic heterocycles. The van der Waals surface area contributed by atoms with Crippen molar-refractivity contribution in [3.63, 3.8) is 0 Å². The highest BCUT2D eigenvalue weighted by Crippen LogP contribution is 2.35. The van der Waals surface area contributed by atoms with Crippen LogP contribution in [0.4, 0.5) is 5.69 Å². The predicted octanol–water partition coefficient (Wildman–Crippen LogP) is 5.67. The molecular weight excluding hydrogens is 410 g/mol. The Morgan fingerprint density at radius 2 is 1.52 bits per heavy atom. The molecule has 3 aromatic carbocycles. The van der Waals surface area contributed by atoms with Crippen molar-refractivity contribution >= 4 is 28.4 Å². The van der Waals surface area contributed by atoms with Crippen molar-refractivity contribution < 1.29 is 9.59 Å². The van der Waals surface area contributed by atoms with Gasteiger partial charge in [-0.2, -0.15) is 0 Å². The third-order valence-corrected chi connectivity index (χ3v) is 5.63. The average molecular weight is 438 g/mol. The van der Waals surface area contributed by atoms with Crippen molar-refractivity contribution in [1.29, 1.82) is 0 Å². The van der Waals surface area contributed by atoms with Crippen LogP contribution in [0.15, 0.2) is 84.9 Å². The summed E-state index contributed by atoms with van der Waals surface area (Å²) < 4.78 is 0. The number of carbonyl (C=O) groups excluding carboxylic acids is 2. The Morgan fingerprint density at radius 3 is 2.18 bits per heavy atom. The Morgan fingerprint density at radius 1 is 0.879 bits per heavy atom. The molecule has 0 saturated carbocycles. The van der Waals surface area contributed by atoms with Crippen LogP contribution in [0, 0.1) is 0 Å². The predicted molar refractivity (Wildman–Crippen MR) is 133 cm³/mol. The molecule has 0 unspecified atom stereocenters. The molecule has 5 heteroatoms. The molecule has 4 aromatic rings. The summed E-state index contributed by atoms with van der Waals surface area (Å²) in [5, 5.41) is 6.97. The number of nitrogens with zero attached hydrogens (tertiary/aromatic N) is 1. The summed E-state index contributed by atoms with van der Waals surface area (Å²) in [6.45, 7) is 3.52. The molecule has 0 aliphatic carbocycles. The highest BCUT2D eigenvalue weighted by atomic mass is 16.2. The van der Waals surface area contributed by atoms with Crippen LogP contribution in [0.2, 0.25) is 0 Å². The van der Waals surface area contributed by atoms with Crippen molar-refractivity contribution in [2.24, 2.45) is 0 Å². The van der Waals surface area contributed by atoms with Gasteiger partial charge < -0.3 is 10.6 Å². The van der Waals surface area contributed by atoms with Crippen LogP contribution in [0.1, 0.15) is 37.4 Å². The summed E-state index contributed by atoms with van der Waals surface area (Å²) in [7, 11) is 0. The molecule has 2 amide bonds. The fourth-order valence-corrected chi connectivity index (χ4v) is 4.09. The molecule has 0 fully saturated rings. The van der Waals surface area contributed by atoms with Gasteiger partial charge in [0.25, 0.3) is 0 Å². The molecular formula is C28H27N3O2. The fourth-order valence-electron chi connectivity index (χ4n) is 4.09. The number of fused-ring (bicyclic) bond motifs is 1. The number of hydrogen-bond acceptors (Lipinski definition) is 3. The zero-order valence-electron chi connectivity index (χ0n) is 18.8. The van der Waals surface area contributed by atoms with E-state index in [-0.39, 0.29) is 24.3 Å². The minimum absolute atomic E-state index is 0.0791. The molecule has 2 N–H and O–H groups in total. The van der Waals surface area contributed by atoms with E-state index in [4.69, 9.17) is 4.98 Å². The Kier molecular flexibility index (Phi) is 6.79. The summed E-state index contributed by atoms with van der Waals surface area (Å²) >= 11 is 0. The number of rotatable bonds is 7. The maximum Gasteiger partial charge on any atom is 0.225 e. The van der Waals surface area contributed by atoms with Gasteiger partial charge >= 0.3 is 0 Å². The monoisotopic (exact) mass is 437 g/mol. The number of carbonyl (C=O) groups is 2. The van der Waals surface area contributed by atoms with Crippen LogP contribution in [-0.2, 0) is 16.0 Å². The minimum Gasteiger partial charge on any atom is -0.349 e. The zero-order chi connectivity index (χ0) is 23.2.